The number of hydroxylamine groups is 2. The van der Waals surface area contributed by atoms with E-state index in [1.54, 1.807) is 24.3 Å². The fourth-order valence-corrected chi connectivity index (χ4v) is 7.49. The minimum atomic E-state index is -2.12. The van der Waals surface area contributed by atoms with E-state index in [2.05, 4.69) is 44.6 Å². The van der Waals surface area contributed by atoms with Gasteiger partial charge in [-0.2, -0.15) is 0 Å². The molecule has 0 spiro atoms. The van der Waals surface area contributed by atoms with Gasteiger partial charge in [0.2, 0.25) is 16.6 Å². The summed E-state index contributed by atoms with van der Waals surface area (Å²) in [5.41, 5.74) is 5.41. The van der Waals surface area contributed by atoms with Crippen molar-refractivity contribution in [2.45, 2.75) is 51.7 Å². The number of hydrogen-bond donors (Lipinski definition) is 1. The van der Waals surface area contributed by atoms with Crippen LogP contribution < -0.4 is 19.0 Å². The Kier molecular flexibility index (Phi) is 10.2. The molecule has 1 atom stereocenters. The Bertz CT molecular complexity index is 2000. The molecule has 7 nitrogen and oxygen atoms in total. The zero-order chi connectivity index (χ0) is 36.3. The number of benzene rings is 5. The number of hydrogen-bond acceptors (Lipinski definition) is 6. The third-order valence-electron chi connectivity index (χ3n) is 7.97. The Morgan fingerprint density at radius 3 is 2.04 bits per heavy atom. The predicted octanol–water partition coefficient (Wildman–Crippen LogP) is 10.9. The van der Waals surface area contributed by atoms with Crippen molar-refractivity contribution in [1.29, 1.82) is 0 Å². The molecule has 1 saturated heterocycles. The topological polar surface area (TPSA) is 69.3 Å². The third kappa shape index (κ3) is 9.16. The molecule has 5 aromatic carbocycles. The van der Waals surface area contributed by atoms with Crippen molar-refractivity contribution >= 4 is 34.1 Å². The minimum Gasteiger partial charge on any atom is -0.544 e. The molecule has 5 aromatic rings. The molecule has 6 rings (SSSR count). The number of carbonyl (C=O) groups excluding carboxylic acids is 1. The van der Waals surface area contributed by atoms with Gasteiger partial charge in [0.15, 0.2) is 5.75 Å². The first kappa shape index (κ1) is 35.7. The van der Waals surface area contributed by atoms with Crippen molar-refractivity contribution in [1.82, 2.24) is 5.06 Å². The molecular weight excluding hydrogens is 683 g/mol. The second kappa shape index (κ2) is 14.6. The smallest absolute Gasteiger partial charge is 0.444 e. The molecule has 0 saturated carbocycles. The van der Waals surface area contributed by atoms with Crippen molar-refractivity contribution in [2.24, 2.45) is 0 Å². The Labute approximate surface area is 300 Å². The zero-order valence-electron chi connectivity index (χ0n) is 29.6. The van der Waals surface area contributed by atoms with Gasteiger partial charge in [-0.3, -0.25) is 0 Å². The van der Waals surface area contributed by atoms with Gasteiger partial charge in [0, 0.05) is 35.5 Å². The summed E-state index contributed by atoms with van der Waals surface area (Å²) in [4.78, 5) is 19.8. The van der Waals surface area contributed by atoms with E-state index in [0.29, 0.717) is 29.4 Å². The Morgan fingerprint density at radius 1 is 0.765 bits per heavy atom. The normalized spacial score (nSPS) is 14.6. The van der Waals surface area contributed by atoms with Crippen LogP contribution >= 0.6 is 0 Å². The summed E-state index contributed by atoms with van der Waals surface area (Å²) in [6, 6.07) is 31.1. The molecule has 264 valence electrons. The molecule has 0 aliphatic carbocycles. The van der Waals surface area contributed by atoms with Gasteiger partial charge in [0.25, 0.3) is 0 Å². The SMILES string of the molecule is C[Si](C)(C)Oc1ccc(Cc2c(ON3C(=O)OC[C@@H]3c3ccccc3)cc(O[Si](C)(C)C)cc2-c2ccc(F)cc2)c(Nc2ccc(F)cc2)c1. The molecule has 0 bridgehead atoms. The summed E-state index contributed by atoms with van der Waals surface area (Å²) in [6.45, 7) is 12.7. The average molecular weight is 725 g/mol. The van der Waals surface area contributed by atoms with Crippen LogP contribution in [0.1, 0.15) is 22.7 Å². The highest BCUT2D eigenvalue weighted by Crippen LogP contribution is 2.42. The lowest BCUT2D eigenvalue weighted by Crippen LogP contribution is -2.32. The number of rotatable bonds is 12. The van der Waals surface area contributed by atoms with Gasteiger partial charge in [-0.25, -0.2) is 13.6 Å². The van der Waals surface area contributed by atoms with Crippen LogP contribution in [0.25, 0.3) is 11.1 Å². The van der Waals surface area contributed by atoms with E-state index in [1.807, 2.05) is 60.7 Å². The zero-order valence-corrected chi connectivity index (χ0v) is 31.6. The maximum atomic E-state index is 14.2. The van der Waals surface area contributed by atoms with E-state index >= 15 is 0 Å². The number of ether oxygens (including phenoxy) is 1. The van der Waals surface area contributed by atoms with Crippen molar-refractivity contribution in [3.05, 3.63) is 138 Å². The molecule has 11 heteroatoms. The van der Waals surface area contributed by atoms with E-state index in [0.717, 1.165) is 33.5 Å². The molecule has 1 heterocycles. The average Bonchev–Trinajstić information content (AvgIpc) is 3.43. The van der Waals surface area contributed by atoms with Crippen LogP contribution in [0.5, 0.6) is 17.2 Å². The van der Waals surface area contributed by atoms with Gasteiger partial charge in [-0.15, -0.1) is 5.06 Å². The lowest BCUT2D eigenvalue weighted by atomic mass is 9.93. The standard InChI is InChI=1S/C40H42F2N2O5Si2/c1-50(2,3)48-33-21-14-29(37(24-33)43-32-19-17-31(42)18-20-32)22-36-35(27-12-15-30(41)16-13-27)23-34(49-51(4,5)6)25-39(36)47-44-38(26-46-40(44)45)28-10-8-7-9-11-28/h7-21,23-25,38,43H,22,26H2,1-6H3/t38-/m1/s1. The fourth-order valence-electron chi connectivity index (χ4n) is 5.83. The second-order valence-electron chi connectivity index (χ2n) is 14.4. The first-order chi connectivity index (χ1) is 24.2. The number of halogens is 2. The van der Waals surface area contributed by atoms with Crippen LogP contribution in [0.3, 0.4) is 0 Å². The van der Waals surface area contributed by atoms with E-state index in [4.69, 9.17) is 18.4 Å². The van der Waals surface area contributed by atoms with Crippen LogP contribution in [0.4, 0.5) is 25.0 Å². The number of cyclic esters (lactones) is 1. The van der Waals surface area contributed by atoms with Gasteiger partial charge in [0.05, 0.1) is 0 Å². The molecule has 1 N–H and O–H groups in total. The largest absolute Gasteiger partial charge is 0.544 e. The third-order valence-corrected chi connectivity index (χ3v) is 9.66. The molecule has 51 heavy (non-hydrogen) atoms. The van der Waals surface area contributed by atoms with Gasteiger partial charge in [-0.05, 0) is 110 Å². The van der Waals surface area contributed by atoms with Crippen molar-refractivity contribution in [3.63, 3.8) is 0 Å². The molecule has 1 amide bonds. The highest BCUT2D eigenvalue weighted by molar-refractivity contribution is 6.70. The first-order valence-corrected chi connectivity index (χ1v) is 23.7. The molecule has 1 aliphatic heterocycles. The van der Waals surface area contributed by atoms with Crippen LogP contribution in [0, 0.1) is 11.6 Å². The Hall–Kier alpha value is -5.14. The highest BCUT2D eigenvalue weighted by Gasteiger charge is 2.37. The molecule has 1 fully saturated rings. The van der Waals surface area contributed by atoms with Gasteiger partial charge in [-0.1, -0.05) is 48.5 Å². The molecule has 1 aliphatic rings. The second-order valence-corrected chi connectivity index (χ2v) is 23.3. The number of anilines is 2. The van der Waals surface area contributed by atoms with Crippen molar-refractivity contribution in [3.8, 4) is 28.4 Å². The van der Waals surface area contributed by atoms with E-state index in [1.165, 1.54) is 29.3 Å². The van der Waals surface area contributed by atoms with Crippen LogP contribution in [0.2, 0.25) is 39.3 Å². The van der Waals surface area contributed by atoms with E-state index in [9.17, 15) is 13.6 Å². The fraction of sp³-hybridized carbons (Fsp3) is 0.225. The summed E-state index contributed by atoms with van der Waals surface area (Å²) in [5.74, 6) is 0.972. The monoisotopic (exact) mass is 724 g/mol. The highest BCUT2D eigenvalue weighted by atomic mass is 28.4. The number of carbonyl (C=O) groups is 1. The van der Waals surface area contributed by atoms with Crippen molar-refractivity contribution in [2.75, 3.05) is 11.9 Å². The summed E-state index contributed by atoms with van der Waals surface area (Å²) in [5, 5.41) is 4.73. The Balaban J connectivity index is 1.51. The summed E-state index contributed by atoms with van der Waals surface area (Å²) in [6.07, 6.45) is -0.286. The first-order valence-electron chi connectivity index (χ1n) is 16.9. The van der Waals surface area contributed by atoms with Crippen LogP contribution in [-0.4, -0.2) is 34.4 Å². The number of amides is 1. The van der Waals surface area contributed by atoms with E-state index < -0.39 is 28.8 Å². The molecule has 0 radical (unpaired) electrons. The van der Waals surface area contributed by atoms with Crippen LogP contribution in [-0.2, 0) is 11.2 Å². The van der Waals surface area contributed by atoms with Crippen LogP contribution in [0.15, 0.2) is 109 Å². The summed E-state index contributed by atoms with van der Waals surface area (Å²) in [7, 11) is -4.07. The lowest BCUT2D eigenvalue weighted by molar-refractivity contribution is -0.0317. The molecule has 0 aromatic heterocycles. The predicted molar refractivity (Wildman–Crippen MR) is 202 cm³/mol. The molecule has 0 unspecified atom stereocenters. The lowest BCUT2D eigenvalue weighted by Gasteiger charge is -2.27. The minimum absolute atomic E-state index is 0.123. The summed E-state index contributed by atoms with van der Waals surface area (Å²) >= 11 is 0. The van der Waals surface area contributed by atoms with E-state index in [-0.39, 0.29) is 18.2 Å². The maximum absolute atomic E-state index is 14.2. The number of nitrogens with one attached hydrogen (secondary N) is 1. The molecular formula is C40H42F2N2O5Si2. The van der Waals surface area contributed by atoms with Crippen molar-refractivity contribution < 1.29 is 32.0 Å². The maximum Gasteiger partial charge on any atom is 0.444 e. The number of nitrogens with zero attached hydrogens (tertiary/aromatic N) is 1. The van der Waals surface area contributed by atoms with Gasteiger partial charge < -0.3 is 23.7 Å². The van der Waals surface area contributed by atoms with Gasteiger partial charge in [0.1, 0.15) is 35.8 Å². The quantitative estimate of drug-likeness (QED) is 0.129. The Morgan fingerprint density at radius 2 is 1.39 bits per heavy atom. The summed E-state index contributed by atoms with van der Waals surface area (Å²) < 4.78 is 46.5. The van der Waals surface area contributed by atoms with Gasteiger partial charge >= 0.3 is 6.09 Å².